The van der Waals surface area contributed by atoms with Crippen molar-refractivity contribution in [3.8, 4) is 19.5 Å². The fraction of sp³-hybridized carbons (Fsp3) is 0.0476. The highest BCUT2D eigenvalue weighted by molar-refractivity contribution is 7.97. The number of sulfone groups is 1. The molecule has 4 aromatic rings. The molecule has 5 heterocycles. The average Bonchev–Trinajstić information content (AvgIpc) is 3.49. The zero-order chi connectivity index (χ0) is 19.1. The van der Waals surface area contributed by atoms with E-state index in [9.17, 15) is 8.42 Å². The van der Waals surface area contributed by atoms with Gasteiger partial charge in [0.2, 0.25) is 0 Å². The van der Waals surface area contributed by atoms with Crippen LogP contribution in [0.5, 0.6) is 0 Å². The van der Waals surface area contributed by atoms with Crippen molar-refractivity contribution in [2.45, 2.75) is 6.42 Å². The summed E-state index contributed by atoms with van der Waals surface area (Å²) >= 11 is 6.70. The quantitative estimate of drug-likeness (QED) is 0.318. The summed E-state index contributed by atoms with van der Waals surface area (Å²) in [4.78, 5) is 6.82. The second-order valence-corrected chi connectivity index (χ2v) is 12.0. The van der Waals surface area contributed by atoms with E-state index in [1.54, 1.807) is 45.3 Å². The molecule has 0 bridgehead atoms. The van der Waals surface area contributed by atoms with Gasteiger partial charge in [0.25, 0.3) is 0 Å². The van der Waals surface area contributed by atoms with E-state index in [0.29, 0.717) is 6.42 Å². The molecule has 0 unspecified atom stereocenters. The van der Waals surface area contributed by atoms with E-state index in [-0.39, 0.29) is 0 Å². The maximum atomic E-state index is 12.5. The molecule has 0 fully saturated rings. The van der Waals surface area contributed by atoms with E-state index < -0.39 is 9.84 Å². The van der Waals surface area contributed by atoms with E-state index >= 15 is 0 Å². The van der Waals surface area contributed by atoms with Crippen molar-refractivity contribution in [1.82, 2.24) is 0 Å². The zero-order valence-corrected chi connectivity index (χ0v) is 18.6. The van der Waals surface area contributed by atoms with Crippen molar-refractivity contribution in [3.63, 3.8) is 0 Å². The number of allylic oxidation sites excluding steroid dienone is 2. The van der Waals surface area contributed by atoms with Crippen LogP contribution in [-0.4, -0.2) is 8.42 Å². The van der Waals surface area contributed by atoms with Crippen molar-refractivity contribution in [2.24, 2.45) is 0 Å². The minimum Gasteiger partial charge on any atom is -0.220 e. The van der Waals surface area contributed by atoms with Crippen molar-refractivity contribution in [3.05, 3.63) is 79.9 Å². The lowest BCUT2D eigenvalue weighted by molar-refractivity contribution is 0.612. The topological polar surface area (TPSA) is 34.1 Å². The SMILES string of the molecule is O=S1(=O)C=C(c2ccc(-c3cccs3)s2)CC(c2ccc(-c3cccs3)s2)=C1. The molecule has 140 valence electrons. The Hall–Kier alpha value is -1.77. The lowest BCUT2D eigenvalue weighted by Gasteiger charge is -2.13. The van der Waals surface area contributed by atoms with Crippen molar-refractivity contribution in [2.75, 3.05) is 0 Å². The van der Waals surface area contributed by atoms with Gasteiger partial charge in [0.15, 0.2) is 9.84 Å². The van der Waals surface area contributed by atoms with Crippen LogP contribution in [0.3, 0.4) is 0 Å². The molecule has 0 saturated carbocycles. The molecule has 0 spiro atoms. The minimum atomic E-state index is -3.37. The Balaban J connectivity index is 1.47. The van der Waals surface area contributed by atoms with E-state index in [2.05, 4.69) is 35.0 Å². The Morgan fingerprint density at radius 2 is 1.07 bits per heavy atom. The molecular weight excluding hydrogens is 445 g/mol. The predicted octanol–water partition coefficient (Wildman–Crippen LogP) is 7.47. The summed E-state index contributed by atoms with van der Waals surface area (Å²) in [6, 6.07) is 16.5. The third-order valence-electron chi connectivity index (χ3n) is 4.37. The molecular formula is C21H14O2S5. The third-order valence-corrected chi connectivity index (χ3v) is 10.0. The molecule has 5 rings (SSSR count). The number of hydrogen-bond donors (Lipinski definition) is 0. The molecule has 0 N–H and O–H groups in total. The van der Waals surface area contributed by atoms with Gasteiger partial charge in [-0.3, -0.25) is 0 Å². The molecule has 1 aliphatic heterocycles. The first kappa shape index (κ1) is 18.3. The van der Waals surface area contributed by atoms with Crippen molar-refractivity contribution in [1.29, 1.82) is 0 Å². The van der Waals surface area contributed by atoms with Gasteiger partial charge in [0.05, 0.1) is 0 Å². The molecule has 1 aliphatic rings. The third kappa shape index (κ3) is 3.60. The van der Waals surface area contributed by atoms with Crippen LogP contribution in [0.25, 0.3) is 30.7 Å². The van der Waals surface area contributed by atoms with Crippen LogP contribution in [0.1, 0.15) is 16.2 Å². The van der Waals surface area contributed by atoms with Crippen LogP contribution in [0.15, 0.2) is 70.1 Å². The van der Waals surface area contributed by atoms with Crippen LogP contribution >= 0.6 is 45.3 Å². The van der Waals surface area contributed by atoms with Crippen molar-refractivity contribution >= 4 is 66.3 Å². The van der Waals surface area contributed by atoms with E-state index in [4.69, 9.17) is 0 Å². The largest absolute Gasteiger partial charge is 0.220 e. The van der Waals surface area contributed by atoms with Gasteiger partial charge in [-0.2, -0.15) is 0 Å². The van der Waals surface area contributed by atoms with E-state index in [1.165, 1.54) is 30.3 Å². The highest BCUT2D eigenvalue weighted by Gasteiger charge is 2.21. The van der Waals surface area contributed by atoms with Gasteiger partial charge in [-0.25, -0.2) is 8.42 Å². The monoisotopic (exact) mass is 458 g/mol. The second-order valence-electron chi connectivity index (χ2n) is 6.33. The summed E-state index contributed by atoms with van der Waals surface area (Å²) in [6.07, 6.45) is 0.633. The first-order valence-electron chi connectivity index (χ1n) is 8.52. The second kappa shape index (κ2) is 7.24. The molecule has 0 aliphatic carbocycles. The van der Waals surface area contributed by atoms with Gasteiger partial charge >= 0.3 is 0 Å². The van der Waals surface area contributed by atoms with Gasteiger partial charge < -0.3 is 0 Å². The van der Waals surface area contributed by atoms with Gasteiger partial charge in [-0.05, 0) is 58.3 Å². The molecule has 28 heavy (non-hydrogen) atoms. The van der Waals surface area contributed by atoms with Crippen LogP contribution in [0.2, 0.25) is 0 Å². The molecule has 0 aromatic carbocycles. The molecule has 0 saturated heterocycles. The molecule has 0 amide bonds. The Morgan fingerprint density at radius 1 is 0.607 bits per heavy atom. The fourth-order valence-corrected chi connectivity index (χ4v) is 8.27. The normalized spacial score (nSPS) is 16.0. The van der Waals surface area contributed by atoms with Crippen LogP contribution in [0.4, 0.5) is 0 Å². The lowest BCUT2D eigenvalue weighted by Crippen LogP contribution is -2.00. The van der Waals surface area contributed by atoms with Crippen LogP contribution in [-0.2, 0) is 9.84 Å². The molecule has 2 nitrogen and oxygen atoms in total. The Morgan fingerprint density at radius 3 is 1.50 bits per heavy atom. The summed E-state index contributed by atoms with van der Waals surface area (Å²) in [5.74, 6) is 0. The summed E-state index contributed by atoms with van der Waals surface area (Å²) < 4.78 is 25.1. The highest BCUT2D eigenvalue weighted by Crippen LogP contribution is 2.42. The first-order valence-corrected chi connectivity index (χ1v) is 13.5. The zero-order valence-electron chi connectivity index (χ0n) is 14.5. The molecule has 0 radical (unpaired) electrons. The van der Waals surface area contributed by atoms with Crippen LogP contribution < -0.4 is 0 Å². The Bertz CT molecular complexity index is 1190. The molecule has 0 atom stereocenters. The molecule has 4 aromatic heterocycles. The Labute approximate surface area is 179 Å². The maximum absolute atomic E-state index is 12.5. The van der Waals surface area contributed by atoms with Crippen LogP contribution in [0, 0.1) is 0 Å². The maximum Gasteiger partial charge on any atom is 0.193 e. The Kier molecular flexibility index (Phi) is 4.72. The fourth-order valence-electron chi connectivity index (χ4n) is 3.13. The smallest absolute Gasteiger partial charge is 0.193 e. The lowest BCUT2D eigenvalue weighted by atomic mass is 10.1. The number of thiophene rings is 4. The predicted molar refractivity (Wildman–Crippen MR) is 125 cm³/mol. The summed E-state index contributed by atoms with van der Waals surface area (Å²) in [7, 11) is -3.37. The standard InChI is InChI=1S/C21H14O2S5/c22-28(23)12-14(16-5-7-20(26-16)18-3-1-9-24-18)11-15(13-28)17-6-8-21(27-17)19-4-2-10-25-19/h1-10,12-13H,11H2. The number of rotatable bonds is 4. The highest BCUT2D eigenvalue weighted by atomic mass is 32.2. The van der Waals surface area contributed by atoms with E-state index in [1.807, 2.05) is 24.3 Å². The number of hydrogen-bond acceptors (Lipinski definition) is 6. The van der Waals surface area contributed by atoms with Gasteiger partial charge in [-0.1, -0.05) is 12.1 Å². The average molecular weight is 459 g/mol. The van der Waals surface area contributed by atoms with Crippen molar-refractivity contribution < 1.29 is 8.42 Å². The van der Waals surface area contributed by atoms with Gasteiger partial charge in [-0.15, -0.1) is 45.3 Å². The summed E-state index contributed by atoms with van der Waals surface area (Å²) in [5.41, 5.74) is 1.74. The van der Waals surface area contributed by atoms with Gasteiger partial charge in [0.1, 0.15) is 0 Å². The summed E-state index contributed by atoms with van der Waals surface area (Å²) in [5, 5.41) is 6.96. The molecule has 7 heteroatoms. The summed E-state index contributed by atoms with van der Waals surface area (Å²) in [6.45, 7) is 0. The van der Waals surface area contributed by atoms with E-state index in [0.717, 1.165) is 20.9 Å². The van der Waals surface area contributed by atoms with Gasteiger partial charge in [0, 0.05) is 46.5 Å². The minimum absolute atomic E-state index is 0.633. The first-order chi connectivity index (χ1) is 13.6.